The molecule has 38 heavy (non-hydrogen) atoms. The summed E-state index contributed by atoms with van der Waals surface area (Å²) in [4.78, 5) is 31.1. The molecule has 4 aromatic heterocycles. The molecule has 7 nitrogen and oxygen atoms in total. The fraction of sp³-hybridized carbons (Fsp3) is 0.393. The van der Waals surface area contributed by atoms with Gasteiger partial charge in [0.2, 0.25) is 5.88 Å². The fourth-order valence-corrected chi connectivity index (χ4v) is 5.54. The van der Waals surface area contributed by atoms with Crippen LogP contribution in [0.2, 0.25) is 0 Å². The van der Waals surface area contributed by atoms with Gasteiger partial charge in [-0.15, -0.1) is 0 Å². The number of pyridine rings is 3. The molecule has 1 aliphatic carbocycles. The minimum absolute atomic E-state index is 0.0497. The van der Waals surface area contributed by atoms with Crippen LogP contribution in [0.3, 0.4) is 0 Å². The first-order valence-corrected chi connectivity index (χ1v) is 12.5. The highest BCUT2D eigenvalue weighted by molar-refractivity contribution is 5.71. The third kappa shape index (κ3) is 4.87. The zero-order chi connectivity index (χ0) is 27.0. The van der Waals surface area contributed by atoms with E-state index in [4.69, 9.17) is 4.74 Å². The van der Waals surface area contributed by atoms with Crippen molar-refractivity contribution in [2.45, 2.75) is 64.1 Å². The molecule has 10 heteroatoms. The van der Waals surface area contributed by atoms with Crippen molar-refractivity contribution in [3.05, 3.63) is 86.9 Å². The summed E-state index contributed by atoms with van der Waals surface area (Å²) in [5, 5.41) is 0. The number of ether oxygens (including phenoxy) is 1. The van der Waals surface area contributed by atoms with Gasteiger partial charge in [-0.2, -0.15) is 13.2 Å². The van der Waals surface area contributed by atoms with E-state index in [0.29, 0.717) is 22.7 Å². The van der Waals surface area contributed by atoms with E-state index in [1.165, 1.54) is 16.8 Å². The predicted molar refractivity (Wildman–Crippen MR) is 136 cm³/mol. The maximum Gasteiger partial charge on any atom is 0.418 e. The van der Waals surface area contributed by atoms with Gasteiger partial charge in [-0.3, -0.25) is 19.3 Å². The lowest BCUT2D eigenvalue weighted by Gasteiger charge is -2.30. The first-order chi connectivity index (χ1) is 18.2. The van der Waals surface area contributed by atoms with Gasteiger partial charge in [0.25, 0.3) is 5.56 Å². The normalized spacial score (nSPS) is 18.1. The van der Waals surface area contributed by atoms with Crippen LogP contribution in [0.25, 0.3) is 11.2 Å². The van der Waals surface area contributed by atoms with Crippen LogP contribution in [0.1, 0.15) is 71.2 Å². The second-order valence-electron chi connectivity index (χ2n) is 9.81. The van der Waals surface area contributed by atoms with E-state index in [2.05, 4.69) is 19.9 Å². The fourth-order valence-electron chi connectivity index (χ4n) is 5.54. The zero-order valence-electron chi connectivity index (χ0n) is 21.4. The van der Waals surface area contributed by atoms with Crippen LogP contribution in [0.4, 0.5) is 13.2 Å². The molecule has 0 N–H and O–H groups in total. The number of fused-ring (bicyclic) bond motifs is 1. The summed E-state index contributed by atoms with van der Waals surface area (Å²) < 4.78 is 47.9. The van der Waals surface area contributed by atoms with E-state index in [9.17, 15) is 18.0 Å². The van der Waals surface area contributed by atoms with Gasteiger partial charge in [0.05, 0.1) is 30.6 Å². The summed E-state index contributed by atoms with van der Waals surface area (Å²) in [7, 11) is 1.61. The van der Waals surface area contributed by atoms with Gasteiger partial charge in [0.15, 0.2) is 5.65 Å². The molecule has 0 aliphatic heterocycles. The third-order valence-corrected chi connectivity index (χ3v) is 7.39. The Kier molecular flexibility index (Phi) is 6.90. The number of alkyl halides is 3. The molecule has 5 rings (SSSR count). The Morgan fingerprint density at radius 3 is 2.47 bits per heavy atom. The minimum Gasteiger partial charge on any atom is -0.481 e. The second kappa shape index (κ2) is 10.2. The van der Waals surface area contributed by atoms with Crippen LogP contribution < -0.4 is 10.3 Å². The lowest BCUT2D eigenvalue weighted by Crippen LogP contribution is -2.29. The molecule has 0 bridgehead atoms. The standard InChI is InChI=1S/C28H28F3N5O2/c1-16-10-12-33-26(38-3)24(16)19-8-6-18(7-9-19)20-13-22-25(35-17(2)14-34-22)36(27(20)37)15-23-21(28(29,30)31)5-4-11-32-23/h4-5,10-14,18-19H,6-9,15H2,1-3H3/t18-,19-. The largest absolute Gasteiger partial charge is 0.481 e. The highest BCUT2D eigenvalue weighted by Gasteiger charge is 2.34. The molecule has 0 amide bonds. The smallest absolute Gasteiger partial charge is 0.418 e. The number of hydrogen-bond acceptors (Lipinski definition) is 6. The van der Waals surface area contributed by atoms with Crippen molar-refractivity contribution in [1.82, 2.24) is 24.5 Å². The number of hydrogen-bond donors (Lipinski definition) is 0. The van der Waals surface area contributed by atoms with Crippen LogP contribution in [0.15, 0.2) is 47.7 Å². The highest BCUT2D eigenvalue weighted by Crippen LogP contribution is 2.43. The molecule has 0 unspecified atom stereocenters. The maximum atomic E-state index is 13.8. The number of methoxy groups -OCH3 is 1. The van der Waals surface area contributed by atoms with E-state index < -0.39 is 11.7 Å². The van der Waals surface area contributed by atoms with Crippen molar-refractivity contribution >= 4 is 11.2 Å². The molecular weight excluding hydrogens is 495 g/mol. The first kappa shape index (κ1) is 25.8. The average Bonchev–Trinajstić information content (AvgIpc) is 2.90. The van der Waals surface area contributed by atoms with Crippen molar-refractivity contribution in [3.8, 4) is 5.88 Å². The summed E-state index contributed by atoms with van der Waals surface area (Å²) in [6.07, 6.45) is 3.21. The van der Waals surface area contributed by atoms with Crippen LogP contribution in [-0.4, -0.2) is 31.6 Å². The quantitative estimate of drug-likeness (QED) is 0.333. The van der Waals surface area contributed by atoms with E-state index in [1.54, 1.807) is 32.5 Å². The van der Waals surface area contributed by atoms with Crippen LogP contribution in [0, 0.1) is 13.8 Å². The van der Waals surface area contributed by atoms with Gasteiger partial charge in [-0.1, -0.05) is 0 Å². The van der Waals surface area contributed by atoms with Gasteiger partial charge in [0, 0.05) is 29.7 Å². The van der Waals surface area contributed by atoms with Crippen molar-refractivity contribution in [2.24, 2.45) is 0 Å². The van der Waals surface area contributed by atoms with E-state index in [-0.39, 0.29) is 35.3 Å². The van der Waals surface area contributed by atoms with Gasteiger partial charge in [0.1, 0.15) is 5.52 Å². The molecule has 4 heterocycles. The van der Waals surface area contributed by atoms with Crippen molar-refractivity contribution in [3.63, 3.8) is 0 Å². The molecule has 0 saturated heterocycles. The first-order valence-electron chi connectivity index (χ1n) is 12.5. The summed E-state index contributed by atoms with van der Waals surface area (Å²) in [5.74, 6) is 0.831. The third-order valence-electron chi connectivity index (χ3n) is 7.39. The Morgan fingerprint density at radius 1 is 1.03 bits per heavy atom. The summed E-state index contributed by atoms with van der Waals surface area (Å²) >= 11 is 0. The van der Waals surface area contributed by atoms with Gasteiger partial charge in [-0.25, -0.2) is 9.97 Å². The molecule has 4 aromatic rings. The Morgan fingerprint density at radius 2 is 1.76 bits per heavy atom. The molecule has 1 aliphatic rings. The Labute approximate surface area is 217 Å². The van der Waals surface area contributed by atoms with Crippen molar-refractivity contribution < 1.29 is 17.9 Å². The molecule has 1 fully saturated rings. The lowest BCUT2D eigenvalue weighted by molar-refractivity contribution is -0.138. The van der Waals surface area contributed by atoms with Crippen LogP contribution >= 0.6 is 0 Å². The number of aryl methyl sites for hydroxylation is 2. The number of rotatable bonds is 5. The topological polar surface area (TPSA) is 82.8 Å². The molecule has 1 saturated carbocycles. The summed E-state index contributed by atoms with van der Waals surface area (Å²) in [6.45, 7) is 3.42. The Hall–Kier alpha value is -3.82. The van der Waals surface area contributed by atoms with Crippen LogP contribution in [0.5, 0.6) is 5.88 Å². The summed E-state index contributed by atoms with van der Waals surface area (Å²) in [6, 6.07) is 5.95. The second-order valence-corrected chi connectivity index (χ2v) is 9.81. The van der Waals surface area contributed by atoms with Crippen molar-refractivity contribution in [1.29, 1.82) is 0 Å². The SMILES string of the molecule is COc1nccc(C)c1[C@H]1CC[C@H](c2cc3ncc(C)nc3n(Cc3ncccc3C(F)(F)F)c2=O)CC1. The zero-order valence-corrected chi connectivity index (χ0v) is 21.4. The van der Waals surface area contributed by atoms with Gasteiger partial charge >= 0.3 is 6.18 Å². The van der Waals surface area contributed by atoms with Crippen LogP contribution in [-0.2, 0) is 12.7 Å². The molecule has 0 aromatic carbocycles. The number of aromatic nitrogens is 5. The molecule has 0 atom stereocenters. The van der Waals surface area contributed by atoms with E-state index >= 15 is 0 Å². The molecular formula is C28H28F3N5O2. The predicted octanol–water partition coefficient (Wildman–Crippen LogP) is 5.72. The highest BCUT2D eigenvalue weighted by atomic mass is 19.4. The minimum atomic E-state index is -4.59. The van der Waals surface area contributed by atoms with E-state index in [1.807, 2.05) is 13.0 Å². The Balaban J connectivity index is 1.52. The van der Waals surface area contributed by atoms with E-state index in [0.717, 1.165) is 42.9 Å². The van der Waals surface area contributed by atoms with Gasteiger partial charge < -0.3 is 4.74 Å². The average molecular weight is 524 g/mol. The monoisotopic (exact) mass is 523 g/mol. The lowest BCUT2D eigenvalue weighted by atomic mass is 9.75. The van der Waals surface area contributed by atoms with Gasteiger partial charge in [-0.05, 0) is 81.2 Å². The number of halogens is 3. The molecule has 0 spiro atoms. The number of nitrogens with zero attached hydrogens (tertiary/aromatic N) is 5. The molecule has 198 valence electrons. The maximum absolute atomic E-state index is 13.8. The molecule has 0 radical (unpaired) electrons. The summed E-state index contributed by atoms with van der Waals surface area (Å²) in [5.41, 5.74) is 2.61. The Bertz CT molecular complexity index is 1540. The van der Waals surface area contributed by atoms with Crippen molar-refractivity contribution in [2.75, 3.05) is 7.11 Å².